The number of anilines is 1. The van der Waals surface area contributed by atoms with Crippen molar-refractivity contribution in [3.8, 4) is 17.0 Å². The first-order chi connectivity index (χ1) is 8.31. The van der Waals surface area contributed by atoms with Crippen LogP contribution in [0.15, 0.2) is 36.4 Å². The molecule has 2 N–H and O–H groups in total. The van der Waals surface area contributed by atoms with E-state index in [2.05, 4.69) is 10.2 Å². The zero-order chi connectivity index (χ0) is 12.1. The van der Waals surface area contributed by atoms with Crippen LogP contribution < -0.4 is 10.5 Å². The first kappa shape index (κ1) is 11.3. The molecular weight excluding hydrogens is 218 g/mol. The van der Waals surface area contributed by atoms with Crippen LogP contribution in [0.5, 0.6) is 5.75 Å². The maximum atomic E-state index is 5.50. The Morgan fingerprint density at radius 1 is 1.12 bits per heavy atom. The van der Waals surface area contributed by atoms with Gasteiger partial charge in [-0.05, 0) is 24.3 Å². The van der Waals surface area contributed by atoms with Crippen LogP contribution in [0.1, 0.15) is 0 Å². The van der Waals surface area contributed by atoms with E-state index in [0.29, 0.717) is 17.3 Å². The molecule has 0 fully saturated rings. The van der Waals surface area contributed by atoms with Crippen molar-refractivity contribution >= 4 is 5.82 Å². The van der Waals surface area contributed by atoms with Gasteiger partial charge in [0.05, 0.1) is 5.69 Å². The number of rotatable bonds is 4. The summed E-state index contributed by atoms with van der Waals surface area (Å²) in [6, 6.07) is 11.1. The molecular formula is C12H13N3O2. The molecule has 2 aromatic rings. The number of nitrogens with zero attached hydrogens (tertiary/aromatic N) is 2. The zero-order valence-corrected chi connectivity index (χ0v) is 9.46. The number of hydrogen-bond acceptors (Lipinski definition) is 5. The van der Waals surface area contributed by atoms with E-state index in [-0.39, 0.29) is 6.79 Å². The minimum Gasteiger partial charge on any atom is -0.467 e. The van der Waals surface area contributed by atoms with E-state index in [1.165, 1.54) is 0 Å². The lowest BCUT2D eigenvalue weighted by molar-refractivity contribution is 0.0515. The summed E-state index contributed by atoms with van der Waals surface area (Å²) in [4.78, 5) is 0. The Hall–Kier alpha value is -2.14. The quantitative estimate of drug-likeness (QED) is 0.811. The van der Waals surface area contributed by atoms with Crippen LogP contribution in [0.4, 0.5) is 5.82 Å². The van der Waals surface area contributed by atoms with Crippen molar-refractivity contribution in [3.05, 3.63) is 36.4 Å². The van der Waals surface area contributed by atoms with Gasteiger partial charge in [0.15, 0.2) is 6.79 Å². The Bertz CT molecular complexity index is 485. The van der Waals surface area contributed by atoms with Crippen LogP contribution in [0, 0.1) is 0 Å². The molecule has 0 aliphatic heterocycles. The Kier molecular flexibility index (Phi) is 3.52. The maximum absolute atomic E-state index is 5.50. The number of aromatic nitrogens is 2. The van der Waals surface area contributed by atoms with E-state index in [9.17, 15) is 0 Å². The third-order valence-corrected chi connectivity index (χ3v) is 2.18. The van der Waals surface area contributed by atoms with Gasteiger partial charge in [0, 0.05) is 12.7 Å². The predicted molar refractivity (Wildman–Crippen MR) is 64.4 cm³/mol. The number of nitrogen functional groups attached to an aromatic ring is 1. The lowest BCUT2D eigenvalue weighted by Gasteiger charge is -2.09. The average molecular weight is 231 g/mol. The second-order valence-corrected chi connectivity index (χ2v) is 3.39. The van der Waals surface area contributed by atoms with E-state index in [0.717, 1.165) is 5.56 Å². The highest BCUT2D eigenvalue weighted by atomic mass is 16.7. The van der Waals surface area contributed by atoms with Gasteiger partial charge in [0.1, 0.15) is 11.6 Å². The summed E-state index contributed by atoms with van der Waals surface area (Å²) in [5.74, 6) is 1.09. The SMILES string of the molecule is COCOc1ccccc1-c1ccc(N)nn1. The summed E-state index contributed by atoms with van der Waals surface area (Å²) in [6.45, 7) is 0.194. The van der Waals surface area contributed by atoms with Gasteiger partial charge in [0.2, 0.25) is 0 Å². The van der Waals surface area contributed by atoms with Gasteiger partial charge in [-0.1, -0.05) is 12.1 Å². The standard InChI is InChI=1S/C12H13N3O2/c1-16-8-17-11-5-3-2-4-9(11)10-6-7-12(13)15-14-10/h2-7H,8H2,1H3,(H2,13,15). The fourth-order valence-corrected chi connectivity index (χ4v) is 1.41. The van der Waals surface area contributed by atoms with Crippen LogP contribution in [-0.4, -0.2) is 24.1 Å². The number of methoxy groups -OCH3 is 1. The smallest absolute Gasteiger partial charge is 0.188 e. The minimum absolute atomic E-state index is 0.194. The molecule has 0 unspecified atom stereocenters. The first-order valence-corrected chi connectivity index (χ1v) is 5.11. The normalized spacial score (nSPS) is 10.2. The fraction of sp³-hybridized carbons (Fsp3) is 0.167. The second kappa shape index (κ2) is 5.27. The van der Waals surface area contributed by atoms with E-state index < -0.39 is 0 Å². The summed E-state index contributed by atoms with van der Waals surface area (Å²) in [6.07, 6.45) is 0. The molecule has 0 atom stereocenters. The van der Waals surface area contributed by atoms with Gasteiger partial charge in [-0.3, -0.25) is 0 Å². The molecule has 1 aromatic carbocycles. The molecule has 0 saturated heterocycles. The van der Waals surface area contributed by atoms with Crippen LogP contribution in [0.2, 0.25) is 0 Å². The Balaban J connectivity index is 2.33. The largest absolute Gasteiger partial charge is 0.467 e. The third-order valence-electron chi connectivity index (χ3n) is 2.18. The average Bonchev–Trinajstić information content (AvgIpc) is 2.38. The van der Waals surface area contributed by atoms with Crippen molar-refractivity contribution in [1.29, 1.82) is 0 Å². The van der Waals surface area contributed by atoms with Crippen molar-refractivity contribution in [2.45, 2.75) is 0 Å². The first-order valence-electron chi connectivity index (χ1n) is 5.11. The van der Waals surface area contributed by atoms with Gasteiger partial charge in [-0.25, -0.2) is 0 Å². The van der Waals surface area contributed by atoms with Crippen LogP contribution in [0.3, 0.4) is 0 Å². The molecule has 0 saturated carbocycles. The van der Waals surface area contributed by atoms with Crippen molar-refractivity contribution in [2.75, 3.05) is 19.6 Å². The van der Waals surface area contributed by atoms with Crippen LogP contribution in [0.25, 0.3) is 11.3 Å². The van der Waals surface area contributed by atoms with Crippen LogP contribution in [-0.2, 0) is 4.74 Å². The Labute approximate surface area is 99.2 Å². The summed E-state index contributed by atoms with van der Waals surface area (Å²) in [5.41, 5.74) is 7.07. The van der Waals surface area contributed by atoms with E-state index in [1.807, 2.05) is 24.3 Å². The molecule has 0 aliphatic carbocycles. The molecule has 17 heavy (non-hydrogen) atoms. The predicted octanol–water partition coefficient (Wildman–Crippen LogP) is 1.71. The van der Waals surface area contributed by atoms with Gasteiger partial charge in [-0.2, -0.15) is 0 Å². The monoisotopic (exact) mass is 231 g/mol. The van der Waals surface area contributed by atoms with E-state index in [1.54, 1.807) is 19.2 Å². The van der Waals surface area contributed by atoms with Crippen LogP contribution >= 0.6 is 0 Å². The molecule has 0 aliphatic rings. The fourth-order valence-electron chi connectivity index (χ4n) is 1.41. The summed E-state index contributed by atoms with van der Waals surface area (Å²) < 4.78 is 10.3. The summed E-state index contributed by atoms with van der Waals surface area (Å²) >= 11 is 0. The minimum atomic E-state index is 0.194. The van der Waals surface area contributed by atoms with Crippen molar-refractivity contribution in [2.24, 2.45) is 0 Å². The molecule has 1 heterocycles. The van der Waals surface area contributed by atoms with Crippen molar-refractivity contribution in [1.82, 2.24) is 10.2 Å². The van der Waals surface area contributed by atoms with Gasteiger partial charge >= 0.3 is 0 Å². The lowest BCUT2D eigenvalue weighted by atomic mass is 10.1. The molecule has 2 rings (SSSR count). The molecule has 1 aromatic heterocycles. The highest BCUT2D eigenvalue weighted by molar-refractivity contribution is 5.67. The molecule has 0 radical (unpaired) electrons. The molecule has 88 valence electrons. The van der Waals surface area contributed by atoms with Gasteiger partial charge in [-0.15, -0.1) is 10.2 Å². The maximum Gasteiger partial charge on any atom is 0.188 e. The molecule has 5 heteroatoms. The summed E-state index contributed by atoms with van der Waals surface area (Å²) in [5, 5.41) is 7.84. The van der Waals surface area contributed by atoms with Gasteiger partial charge < -0.3 is 15.2 Å². The molecule has 0 bridgehead atoms. The number of nitrogens with two attached hydrogens (primary N) is 1. The number of benzene rings is 1. The molecule has 5 nitrogen and oxygen atoms in total. The van der Waals surface area contributed by atoms with E-state index in [4.69, 9.17) is 15.2 Å². The number of para-hydroxylation sites is 1. The zero-order valence-electron chi connectivity index (χ0n) is 9.46. The number of ether oxygens (including phenoxy) is 2. The topological polar surface area (TPSA) is 70.3 Å². The highest BCUT2D eigenvalue weighted by Crippen LogP contribution is 2.27. The highest BCUT2D eigenvalue weighted by Gasteiger charge is 2.07. The van der Waals surface area contributed by atoms with Crippen molar-refractivity contribution in [3.63, 3.8) is 0 Å². The van der Waals surface area contributed by atoms with Gasteiger partial charge in [0.25, 0.3) is 0 Å². The lowest BCUT2D eigenvalue weighted by Crippen LogP contribution is -2.01. The van der Waals surface area contributed by atoms with Crippen molar-refractivity contribution < 1.29 is 9.47 Å². The Morgan fingerprint density at radius 2 is 1.94 bits per heavy atom. The summed E-state index contributed by atoms with van der Waals surface area (Å²) in [7, 11) is 1.58. The Morgan fingerprint density at radius 3 is 2.65 bits per heavy atom. The van der Waals surface area contributed by atoms with E-state index >= 15 is 0 Å². The third kappa shape index (κ3) is 2.70. The molecule has 0 spiro atoms. The molecule has 0 amide bonds. The second-order valence-electron chi connectivity index (χ2n) is 3.39. The number of hydrogen-bond donors (Lipinski definition) is 1.